The zero-order chi connectivity index (χ0) is 6.08. The molecule has 0 aromatic carbocycles. The number of rotatable bonds is 0. The number of hydrogen-bond donors (Lipinski definition) is 0. The smallest absolute Gasteiger partial charge is 0.0470 e. The summed E-state index contributed by atoms with van der Waals surface area (Å²) >= 11 is 0. The average molecular weight is 115 g/mol. The summed E-state index contributed by atoms with van der Waals surface area (Å²) in [5, 5.41) is 0.602. The SMILES string of the molecule is C[Si](C)C(C)(C)C. The van der Waals surface area contributed by atoms with Crippen molar-refractivity contribution < 1.29 is 0 Å². The monoisotopic (exact) mass is 115 g/mol. The van der Waals surface area contributed by atoms with Crippen LogP contribution in [0.5, 0.6) is 0 Å². The molecule has 1 radical (unpaired) electrons. The molecule has 0 nitrogen and oxygen atoms in total. The van der Waals surface area contributed by atoms with Gasteiger partial charge in [0.05, 0.1) is 0 Å². The molecule has 0 heterocycles. The van der Waals surface area contributed by atoms with E-state index in [0.29, 0.717) is 5.04 Å². The molecule has 0 aromatic rings. The fourth-order valence-electron chi connectivity index (χ4n) is 0. The molecule has 0 aliphatic rings. The van der Waals surface area contributed by atoms with Gasteiger partial charge in [0, 0.05) is 8.80 Å². The Morgan fingerprint density at radius 1 is 1.00 bits per heavy atom. The van der Waals surface area contributed by atoms with Crippen molar-refractivity contribution in [1.29, 1.82) is 0 Å². The van der Waals surface area contributed by atoms with Gasteiger partial charge in [-0.3, -0.25) is 0 Å². The zero-order valence-corrected chi connectivity index (χ0v) is 7.00. The van der Waals surface area contributed by atoms with Gasteiger partial charge < -0.3 is 0 Å². The lowest BCUT2D eigenvalue weighted by Crippen LogP contribution is -2.16. The second kappa shape index (κ2) is 1.99. The lowest BCUT2D eigenvalue weighted by atomic mass is 10.2. The summed E-state index contributed by atoms with van der Waals surface area (Å²) in [6.45, 7) is 11.6. The van der Waals surface area contributed by atoms with Crippen LogP contribution in [0.15, 0.2) is 0 Å². The predicted octanol–water partition coefficient (Wildman–Crippen LogP) is 2.54. The largest absolute Gasteiger partial charge is 0.0709 e. The molecule has 0 aliphatic carbocycles. The normalized spacial score (nSPS) is 12.9. The van der Waals surface area contributed by atoms with E-state index in [9.17, 15) is 0 Å². The van der Waals surface area contributed by atoms with E-state index in [4.69, 9.17) is 0 Å². The van der Waals surface area contributed by atoms with Gasteiger partial charge in [0.25, 0.3) is 0 Å². The summed E-state index contributed by atoms with van der Waals surface area (Å²) in [6.07, 6.45) is 0. The van der Waals surface area contributed by atoms with Gasteiger partial charge in [-0.05, 0) is 5.04 Å². The van der Waals surface area contributed by atoms with Crippen molar-refractivity contribution in [3.63, 3.8) is 0 Å². The molecule has 0 unspecified atom stereocenters. The fraction of sp³-hybridized carbons (Fsp3) is 1.00. The summed E-state index contributed by atoms with van der Waals surface area (Å²) in [6, 6.07) is 0. The highest BCUT2D eigenvalue weighted by molar-refractivity contribution is 6.59. The van der Waals surface area contributed by atoms with Crippen molar-refractivity contribution in [3.8, 4) is 0 Å². The summed E-state index contributed by atoms with van der Waals surface area (Å²) in [5.41, 5.74) is 0. The molecule has 1 heteroatoms. The Morgan fingerprint density at radius 3 is 1.14 bits per heavy atom. The molecule has 0 saturated heterocycles. The minimum atomic E-state index is -0.0502. The van der Waals surface area contributed by atoms with Crippen LogP contribution in [0.3, 0.4) is 0 Å². The predicted molar refractivity (Wildman–Crippen MR) is 37.2 cm³/mol. The molecular weight excluding hydrogens is 100 g/mol. The first-order valence-electron chi connectivity index (χ1n) is 2.75. The first-order chi connectivity index (χ1) is 2.94. The van der Waals surface area contributed by atoms with E-state index in [-0.39, 0.29) is 8.80 Å². The van der Waals surface area contributed by atoms with E-state index < -0.39 is 0 Å². The Labute approximate surface area is 48.5 Å². The van der Waals surface area contributed by atoms with E-state index in [1.807, 2.05) is 0 Å². The third-order valence-electron chi connectivity index (χ3n) is 1.50. The molecule has 0 fully saturated rings. The van der Waals surface area contributed by atoms with Gasteiger partial charge in [0.15, 0.2) is 0 Å². The Kier molecular flexibility index (Phi) is 2.05. The van der Waals surface area contributed by atoms with Gasteiger partial charge in [0.1, 0.15) is 0 Å². The minimum absolute atomic E-state index is 0.0502. The summed E-state index contributed by atoms with van der Waals surface area (Å²) in [4.78, 5) is 0. The van der Waals surface area contributed by atoms with Crippen LogP contribution in [-0.2, 0) is 0 Å². The lowest BCUT2D eigenvalue weighted by Gasteiger charge is -2.20. The van der Waals surface area contributed by atoms with Crippen LogP contribution in [0.2, 0.25) is 18.1 Å². The van der Waals surface area contributed by atoms with Gasteiger partial charge >= 0.3 is 0 Å². The van der Waals surface area contributed by atoms with Crippen molar-refractivity contribution in [3.05, 3.63) is 0 Å². The number of hydrogen-bond acceptors (Lipinski definition) is 0. The van der Waals surface area contributed by atoms with Crippen molar-refractivity contribution in [2.24, 2.45) is 0 Å². The van der Waals surface area contributed by atoms with Crippen molar-refractivity contribution >= 4 is 8.80 Å². The molecular formula is C6H15Si. The first kappa shape index (κ1) is 7.22. The van der Waals surface area contributed by atoms with Crippen LogP contribution in [0.4, 0.5) is 0 Å². The third kappa shape index (κ3) is 2.86. The summed E-state index contributed by atoms with van der Waals surface area (Å²) < 4.78 is 0. The maximum absolute atomic E-state index is 2.35. The quantitative estimate of drug-likeness (QED) is 0.426. The van der Waals surface area contributed by atoms with Crippen LogP contribution in [-0.4, -0.2) is 8.80 Å². The van der Waals surface area contributed by atoms with E-state index in [2.05, 4.69) is 33.9 Å². The summed E-state index contributed by atoms with van der Waals surface area (Å²) in [5.74, 6) is 0. The second-order valence-corrected chi connectivity index (χ2v) is 6.75. The van der Waals surface area contributed by atoms with Crippen molar-refractivity contribution in [1.82, 2.24) is 0 Å². The van der Waals surface area contributed by atoms with E-state index in [1.54, 1.807) is 0 Å². The van der Waals surface area contributed by atoms with Gasteiger partial charge in [-0.2, -0.15) is 0 Å². The standard InChI is InChI=1S/C6H15Si/c1-6(2,3)7(4)5/h1-5H3. The highest BCUT2D eigenvalue weighted by Gasteiger charge is 2.15. The van der Waals surface area contributed by atoms with E-state index in [1.165, 1.54) is 0 Å². The van der Waals surface area contributed by atoms with Gasteiger partial charge in [-0.25, -0.2) is 0 Å². The summed E-state index contributed by atoms with van der Waals surface area (Å²) in [7, 11) is -0.0502. The molecule has 0 bridgehead atoms. The Balaban J connectivity index is 3.54. The van der Waals surface area contributed by atoms with E-state index >= 15 is 0 Å². The highest BCUT2D eigenvalue weighted by atomic mass is 28.3. The van der Waals surface area contributed by atoms with Crippen LogP contribution < -0.4 is 0 Å². The zero-order valence-electron chi connectivity index (χ0n) is 6.00. The van der Waals surface area contributed by atoms with Gasteiger partial charge in [0.2, 0.25) is 0 Å². The third-order valence-corrected chi connectivity index (χ3v) is 4.50. The molecule has 43 valence electrons. The molecule has 0 rings (SSSR count). The Morgan fingerprint density at radius 2 is 1.14 bits per heavy atom. The van der Waals surface area contributed by atoms with Crippen LogP contribution in [0.25, 0.3) is 0 Å². The minimum Gasteiger partial charge on any atom is -0.0709 e. The van der Waals surface area contributed by atoms with Crippen LogP contribution >= 0.6 is 0 Å². The van der Waals surface area contributed by atoms with E-state index in [0.717, 1.165) is 0 Å². The average Bonchev–Trinajstić information content (AvgIpc) is 1.31. The highest BCUT2D eigenvalue weighted by Crippen LogP contribution is 2.25. The fourth-order valence-corrected chi connectivity index (χ4v) is 0. The molecule has 0 aliphatic heterocycles. The Hall–Kier alpha value is 0.217. The molecule has 0 amide bonds. The molecule has 0 spiro atoms. The maximum atomic E-state index is 2.35. The molecule has 0 saturated carbocycles. The molecule has 0 atom stereocenters. The van der Waals surface area contributed by atoms with Crippen molar-refractivity contribution in [2.45, 2.75) is 38.9 Å². The lowest BCUT2D eigenvalue weighted by molar-refractivity contribution is 0.742. The molecule has 0 aromatic heterocycles. The maximum Gasteiger partial charge on any atom is 0.0470 e. The molecule has 0 N–H and O–H groups in total. The van der Waals surface area contributed by atoms with Crippen LogP contribution in [0.1, 0.15) is 20.8 Å². The second-order valence-electron chi connectivity index (χ2n) is 3.25. The first-order valence-corrected chi connectivity index (χ1v) is 5.25. The molecule has 7 heavy (non-hydrogen) atoms. The van der Waals surface area contributed by atoms with Crippen LogP contribution in [0, 0.1) is 0 Å². The van der Waals surface area contributed by atoms with Gasteiger partial charge in [-0.15, -0.1) is 0 Å². The Bertz CT molecular complexity index is 49.7. The topological polar surface area (TPSA) is 0 Å². The van der Waals surface area contributed by atoms with Gasteiger partial charge in [-0.1, -0.05) is 33.9 Å². The van der Waals surface area contributed by atoms with Crippen molar-refractivity contribution in [2.75, 3.05) is 0 Å².